The molecule has 1 aliphatic carbocycles. The first-order valence-corrected chi connectivity index (χ1v) is 11.0. The summed E-state index contributed by atoms with van der Waals surface area (Å²) in [5.41, 5.74) is 0.627. The molecule has 168 valence electrons. The molecular formula is C22H25F3N2O3S. The van der Waals surface area contributed by atoms with Gasteiger partial charge in [-0.3, -0.25) is 14.5 Å². The number of amides is 2. The van der Waals surface area contributed by atoms with E-state index in [9.17, 15) is 22.8 Å². The molecule has 31 heavy (non-hydrogen) atoms. The molecule has 0 radical (unpaired) electrons. The van der Waals surface area contributed by atoms with Crippen molar-refractivity contribution in [2.75, 3.05) is 12.0 Å². The molecule has 1 N–H and O–H groups in total. The number of halogens is 3. The molecule has 0 spiro atoms. The third-order valence-electron chi connectivity index (χ3n) is 5.42. The fourth-order valence-electron chi connectivity index (χ4n) is 3.81. The van der Waals surface area contributed by atoms with Gasteiger partial charge in [0.2, 0.25) is 5.91 Å². The minimum Gasteiger partial charge on any atom is -0.497 e. The Balaban J connectivity index is 2.06. The van der Waals surface area contributed by atoms with Crippen molar-refractivity contribution < 1.29 is 27.5 Å². The first-order valence-electron chi connectivity index (χ1n) is 10.1. The molecule has 9 heteroatoms. The number of ether oxygens (including phenoxy) is 1. The van der Waals surface area contributed by atoms with Crippen LogP contribution in [0.5, 0.6) is 5.75 Å². The Bertz CT molecular complexity index is 905. The maximum absolute atomic E-state index is 13.6. The summed E-state index contributed by atoms with van der Waals surface area (Å²) in [6, 6.07) is 5.82. The smallest absolute Gasteiger partial charge is 0.471 e. The summed E-state index contributed by atoms with van der Waals surface area (Å²) >= 11 is 1.16. The minimum absolute atomic E-state index is 0.0280. The van der Waals surface area contributed by atoms with Crippen LogP contribution in [0.2, 0.25) is 0 Å². The van der Waals surface area contributed by atoms with Crippen LogP contribution in [-0.4, -0.2) is 31.1 Å². The molecule has 1 aromatic carbocycles. The zero-order chi connectivity index (χ0) is 22.6. The zero-order valence-corrected chi connectivity index (χ0v) is 18.2. The largest absolute Gasteiger partial charge is 0.497 e. The molecule has 0 saturated heterocycles. The number of rotatable bonds is 6. The molecule has 1 aliphatic rings. The quantitative estimate of drug-likeness (QED) is 0.657. The van der Waals surface area contributed by atoms with Gasteiger partial charge in [-0.25, -0.2) is 0 Å². The molecule has 2 aromatic rings. The van der Waals surface area contributed by atoms with Gasteiger partial charge in [-0.05, 0) is 61.0 Å². The molecule has 2 amide bonds. The number of hydrogen-bond acceptors (Lipinski definition) is 4. The van der Waals surface area contributed by atoms with E-state index in [1.165, 1.54) is 31.4 Å². The average molecular weight is 455 g/mol. The number of carbonyl (C=O) groups is 2. The van der Waals surface area contributed by atoms with E-state index >= 15 is 0 Å². The lowest BCUT2D eigenvalue weighted by Crippen LogP contribution is -2.50. The van der Waals surface area contributed by atoms with Gasteiger partial charge < -0.3 is 10.1 Å². The zero-order valence-electron chi connectivity index (χ0n) is 17.4. The van der Waals surface area contributed by atoms with Crippen LogP contribution in [0.3, 0.4) is 0 Å². The molecule has 1 aromatic heterocycles. The van der Waals surface area contributed by atoms with E-state index in [0.717, 1.165) is 43.4 Å². The minimum atomic E-state index is -5.14. The lowest BCUT2D eigenvalue weighted by atomic mass is 9.95. The molecular weight excluding hydrogens is 429 g/mol. The molecule has 3 rings (SSSR count). The number of nitrogens with zero attached hydrogens (tertiary/aromatic N) is 1. The van der Waals surface area contributed by atoms with Gasteiger partial charge >= 0.3 is 12.1 Å². The monoisotopic (exact) mass is 454 g/mol. The summed E-state index contributed by atoms with van der Waals surface area (Å²) in [4.78, 5) is 26.9. The van der Waals surface area contributed by atoms with Crippen LogP contribution >= 0.6 is 11.3 Å². The third-order valence-corrected chi connectivity index (χ3v) is 6.49. The Hall–Kier alpha value is -2.55. The van der Waals surface area contributed by atoms with Gasteiger partial charge in [-0.1, -0.05) is 19.3 Å². The van der Waals surface area contributed by atoms with E-state index in [0.29, 0.717) is 21.1 Å². The first-order chi connectivity index (χ1) is 14.7. The molecule has 0 unspecified atom stereocenters. The predicted octanol–water partition coefficient (Wildman–Crippen LogP) is 5.15. The van der Waals surface area contributed by atoms with Crippen molar-refractivity contribution in [3.63, 3.8) is 0 Å². The molecule has 0 aliphatic heterocycles. The highest BCUT2D eigenvalue weighted by atomic mass is 32.1. The van der Waals surface area contributed by atoms with Gasteiger partial charge in [-0.15, -0.1) is 11.3 Å². The predicted molar refractivity (Wildman–Crippen MR) is 113 cm³/mol. The number of aryl methyl sites for hydroxylation is 1. The number of hydrogen-bond donors (Lipinski definition) is 1. The van der Waals surface area contributed by atoms with Crippen molar-refractivity contribution in [3.8, 4) is 5.75 Å². The Kier molecular flexibility index (Phi) is 7.25. The van der Waals surface area contributed by atoms with Gasteiger partial charge in [0, 0.05) is 16.6 Å². The van der Waals surface area contributed by atoms with Crippen molar-refractivity contribution in [3.05, 3.63) is 46.2 Å². The van der Waals surface area contributed by atoms with Crippen molar-refractivity contribution in [2.24, 2.45) is 0 Å². The maximum Gasteiger partial charge on any atom is 0.471 e. The summed E-state index contributed by atoms with van der Waals surface area (Å²) < 4.78 is 45.9. The standard InChI is InChI=1S/C22H25F3N2O3S/c1-14-12-13-31-19(14)18(20(28)26-15-6-4-3-5-7-15)27(21(29)22(23,24)25)16-8-10-17(30-2)11-9-16/h8-13,15,18H,3-7H2,1-2H3,(H,26,28)/t18-/m0/s1. The number of methoxy groups -OCH3 is 1. The molecule has 5 nitrogen and oxygen atoms in total. The number of nitrogens with one attached hydrogen (secondary N) is 1. The van der Waals surface area contributed by atoms with E-state index in [1.807, 2.05) is 0 Å². The highest BCUT2D eigenvalue weighted by Gasteiger charge is 2.48. The average Bonchev–Trinajstić information content (AvgIpc) is 3.17. The topological polar surface area (TPSA) is 58.6 Å². The van der Waals surface area contributed by atoms with Crippen LogP contribution in [0.4, 0.5) is 18.9 Å². The van der Waals surface area contributed by atoms with Crippen LogP contribution in [0.25, 0.3) is 0 Å². The van der Waals surface area contributed by atoms with Gasteiger partial charge in [0.1, 0.15) is 5.75 Å². The van der Waals surface area contributed by atoms with Gasteiger partial charge in [0.15, 0.2) is 6.04 Å². The lowest BCUT2D eigenvalue weighted by Gasteiger charge is -2.33. The second kappa shape index (κ2) is 9.72. The van der Waals surface area contributed by atoms with E-state index < -0.39 is 24.0 Å². The first kappa shape index (κ1) is 23.1. The van der Waals surface area contributed by atoms with E-state index in [-0.39, 0.29) is 11.7 Å². The van der Waals surface area contributed by atoms with Gasteiger partial charge in [-0.2, -0.15) is 13.2 Å². The van der Waals surface area contributed by atoms with Crippen molar-refractivity contribution in [2.45, 2.75) is 57.3 Å². The summed E-state index contributed by atoms with van der Waals surface area (Å²) in [6.45, 7) is 1.72. The SMILES string of the molecule is COc1ccc(N(C(=O)C(F)(F)F)[C@H](C(=O)NC2CCCCC2)c2sccc2C)cc1. The van der Waals surface area contributed by atoms with Crippen LogP contribution < -0.4 is 15.0 Å². The highest BCUT2D eigenvalue weighted by molar-refractivity contribution is 7.10. The Labute approximate surface area is 183 Å². The van der Waals surface area contributed by atoms with Crippen LogP contribution in [0.15, 0.2) is 35.7 Å². The van der Waals surface area contributed by atoms with Crippen molar-refractivity contribution >= 4 is 28.8 Å². The number of anilines is 1. The van der Waals surface area contributed by atoms with Crippen LogP contribution in [0.1, 0.15) is 48.6 Å². The number of alkyl halides is 3. The number of carbonyl (C=O) groups excluding carboxylic acids is 2. The molecule has 1 fully saturated rings. The summed E-state index contributed by atoms with van der Waals surface area (Å²) in [5, 5.41) is 4.60. The molecule has 1 heterocycles. The second-order valence-electron chi connectivity index (χ2n) is 7.58. The summed E-state index contributed by atoms with van der Waals surface area (Å²) in [5.74, 6) is -2.27. The van der Waals surface area contributed by atoms with Gasteiger partial charge in [0.25, 0.3) is 0 Å². The third kappa shape index (κ3) is 5.39. The Morgan fingerprint density at radius 3 is 2.29 bits per heavy atom. The van der Waals surface area contributed by atoms with Crippen LogP contribution in [0, 0.1) is 6.92 Å². The normalized spacial score (nSPS) is 15.9. The summed E-state index contributed by atoms with van der Waals surface area (Å²) in [6.07, 6.45) is -0.608. The number of benzene rings is 1. The molecule has 1 atom stereocenters. The molecule has 0 bridgehead atoms. The summed E-state index contributed by atoms with van der Waals surface area (Å²) in [7, 11) is 1.43. The fraction of sp³-hybridized carbons (Fsp3) is 0.455. The van der Waals surface area contributed by atoms with Crippen LogP contribution in [-0.2, 0) is 9.59 Å². The van der Waals surface area contributed by atoms with Crippen molar-refractivity contribution in [1.82, 2.24) is 5.32 Å². The number of thiophene rings is 1. The van der Waals surface area contributed by atoms with E-state index in [4.69, 9.17) is 4.74 Å². The maximum atomic E-state index is 13.6. The second-order valence-corrected chi connectivity index (χ2v) is 8.53. The van der Waals surface area contributed by atoms with E-state index in [2.05, 4.69) is 5.32 Å². The fourth-order valence-corrected chi connectivity index (χ4v) is 4.82. The highest BCUT2D eigenvalue weighted by Crippen LogP contribution is 2.37. The Morgan fingerprint density at radius 2 is 1.77 bits per heavy atom. The Morgan fingerprint density at radius 1 is 1.13 bits per heavy atom. The lowest BCUT2D eigenvalue weighted by molar-refractivity contribution is -0.171. The molecule has 1 saturated carbocycles. The van der Waals surface area contributed by atoms with E-state index in [1.54, 1.807) is 18.4 Å². The van der Waals surface area contributed by atoms with Crippen molar-refractivity contribution in [1.29, 1.82) is 0 Å². The van der Waals surface area contributed by atoms with Gasteiger partial charge in [0.05, 0.1) is 7.11 Å².